The number of benzene rings is 2. The second kappa shape index (κ2) is 6.29. The first-order valence-corrected chi connectivity index (χ1v) is 7.85. The highest BCUT2D eigenvalue weighted by Gasteiger charge is 2.17. The molecule has 0 radical (unpaired) electrons. The molecule has 2 rings (SSSR count). The average Bonchev–Trinajstić information content (AvgIpc) is 2.38. The first-order chi connectivity index (χ1) is 9.02. The summed E-state index contributed by atoms with van der Waals surface area (Å²) in [6.07, 6.45) is 0. The van der Waals surface area contributed by atoms with Crippen LogP contribution in [0.25, 0.3) is 0 Å². The van der Waals surface area contributed by atoms with Gasteiger partial charge in [0.2, 0.25) is 0 Å². The first kappa shape index (κ1) is 14.9. The summed E-state index contributed by atoms with van der Waals surface area (Å²) >= 11 is 13.3. The number of methoxy groups -OCH3 is 1. The van der Waals surface area contributed by atoms with Gasteiger partial charge in [0.25, 0.3) is 0 Å². The van der Waals surface area contributed by atoms with Crippen LogP contribution >= 0.6 is 43.5 Å². The van der Waals surface area contributed by atoms with Crippen LogP contribution in [0.2, 0.25) is 5.02 Å². The molecule has 0 saturated heterocycles. The van der Waals surface area contributed by atoms with E-state index in [0.717, 1.165) is 26.4 Å². The second-order valence-corrected chi connectivity index (χ2v) is 6.52. The number of ether oxygens (including phenoxy) is 1. The highest BCUT2D eigenvalue weighted by atomic mass is 79.9. The molecule has 1 atom stereocenters. The van der Waals surface area contributed by atoms with Crippen molar-refractivity contribution >= 4 is 43.5 Å². The predicted molar refractivity (Wildman–Crippen MR) is 87.7 cm³/mol. The van der Waals surface area contributed by atoms with Crippen LogP contribution in [-0.2, 0) is 0 Å². The summed E-state index contributed by atoms with van der Waals surface area (Å²) < 4.78 is 6.46. The highest BCUT2D eigenvalue weighted by Crippen LogP contribution is 2.39. The zero-order valence-corrected chi connectivity index (χ0v) is 14.5. The molecule has 0 N–H and O–H groups in total. The summed E-state index contributed by atoms with van der Waals surface area (Å²) in [6, 6.07) is 11.9. The molecule has 100 valence electrons. The van der Waals surface area contributed by atoms with Crippen LogP contribution in [0.4, 0.5) is 0 Å². The Morgan fingerprint density at radius 2 is 1.84 bits per heavy atom. The Morgan fingerprint density at radius 1 is 1.11 bits per heavy atom. The smallest absolute Gasteiger partial charge is 0.123 e. The molecule has 4 heteroatoms. The second-order valence-electron chi connectivity index (χ2n) is 4.25. The molecule has 0 saturated carbocycles. The van der Waals surface area contributed by atoms with Crippen molar-refractivity contribution in [2.45, 2.75) is 11.8 Å². The molecule has 0 spiro atoms. The molecular weight excluding hydrogens is 391 g/mol. The van der Waals surface area contributed by atoms with Crippen LogP contribution in [0.1, 0.15) is 21.5 Å². The van der Waals surface area contributed by atoms with E-state index >= 15 is 0 Å². The molecule has 1 nitrogen and oxygen atoms in total. The van der Waals surface area contributed by atoms with Gasteiger partial charge in [-0.2, -0.15) is 0 Å². The van der Waals surface area contributed by atoms with E-state index in [1.807, 2.05) is 30.3 Å². The number of aryl methyl sites for hydroxylation is 1. The summed E-state index contributed by atoms with van der Waals surface area (Å²) in [5, 5.41) is 0.752. The van der Waals surface area contributed by atoms with Crippen molar-refractivity contribution in [1.29, 1.82) is 0 Å². The minimum Gasteiger partial charge on any atom is -0.496 e. The van der Waals surface area contributed by atoms with Gasteiger partial charge in [-0.25, -0.2) is 0 Å². The van der Waals surface area contributed by atoms with Gasteiger partial charge >= 0.3 is 0 Å². The number of halogens is 3. The third kappa shape index (κ3) is 3.33. The topological polar surface area (TPSA) is 9.23 Å². The van der Waals surface area contributed by atoms with Crippen LogP contribution < -0.4 is 4.74 Å². The van der Waals surface area contributed by atoms with Gasteiger partial charge in [0.05, 0.1) is 11.9 Å². The third-order valence-electron chi connectivity index (χ3n) is 2.97. The fourth-order valence-corrected chi connectivity index (χ4v) is 3.47. The molecule has 2 aromatic rings. The van der Waals surface area contributed by atoms with Gasteiger partial charge < -0.3 is 4.74 Å². The van der Waals surface area contributed by atoms with Gasteiger partial charge in [-0.1, -0.05) is 49.5 Å². The van der Waals surface area contributed by atoms with Gasteiger partial charge in [-0.3, -0.25) is 0 Å². The lowest BCUT2D eigenvalue weighted by Crippen LogP contribution is -1.99. The van der Waals surface area contributed by atoms with Crippen LogP contribution in [0.3, 0.4) is 0 Å². The van der Waals surface area contributed by atoms with Gasteiger partial charge in [0.1, 0.15) is 5.75 Å². The van der Waals surface area contributed by atoms with Gasteiger partial charge in [0.15, 0.2) is 0 Å². The predicted octanol–water partition coefficient (Wildman–Crippen LogP) is 5.90. The standard InChI is InChI=1S/C15H13Br2ClO/c1-9-7-11(18)4-5-12(9)15(17)13-8-10(16)3-6-14(13)19-2/h3-8,15H,1-2H3. The number of rotatable bonds is 3. The van der Waals surface area contributed by atoms with Crippen molar-refractivity contribution in [1.82, 2.24) is 0 Å². The van der Waals surface area contributed by atoms with E-state index in [2.05, 4.69) is 44.8 Å². The van der Waals surface area contributed by atoms with E-state index in [-0.39, 0.29) is 4.83 Å². The molecule has 19 heavy (non-hydrogen) atoms. The van der Waals surface area contributed by atoms with Gasteiger partial charge in [-0.05, 0) is 48.4 Å². The van der Waals surface area contributed by atoms with Crippen molar-refractivity contribution in [2.24, 2.45) is 0 Å². The Bertz CT molecular complexity index is 599. The van der Waals surface area contributed by atoms with Crippen molar-refractivity contribution in [2.75, 3.05) is 7.11 Å². The summed E-state index contributed by atoms with van der Waals surface area (Å²) in [4.78, 5) is 0.0669. The monoisotopic (exact) mass is 402 g/mol. The Hall–Kier alpha value is -0.510. The third-order valence-corrected chi connectivity index (χ3v) is 4.68. The Labute approximate surface area is 135 Å². The summed E-state index contributed by atoms with van der Waals surface area (Å²) in [7, 11) is 1.68. The first-order valence-electron chi connectivity index (χ1n) is 5.76. The molecule has 0 aliphatic rings. The molecule has 0 bridgehead atoms. The maximum atomic E-state index is 6.00. The molecule has 2 aromatic carbocycles. The zero-order chi connectivity index (χ0) is 14.0. The van der Waals surface area contributed by atoms with Crippen molar-refractivity contribution in [3.05, 3.63) is 62.6 Å². The van der Waals surface area contributed by atoms with E-state index in [4.69, 9.17) is 16.3 Å². The Morgan fingerprint density at radius 3 is 2.47 bits per heavy atom. The molecule has 0 aromatic heterocycles. The zero-order valence-electron chi connectivity index (χ0n) is 10.6. The molecule has 0 heterocycles. The van der Waals surface area contributed by atoms with E-state index in [1.54, 1.807) is 7.11 Å². The lowest BCUT2D eigenvalue weighted by molar-refractivity contribution is 0.410. The number of alkyl halides is 1. The van der Waals surface area contributed by atoms with Crippen LogP contribution in [0, 0.1) is 6.92 Å². The van der Waals surface area contributed by atoms with E-state index in [0.29, 0.717) is 0 Å². The van der Waals surface area contributed by atoms with E-state index < -0.39 is 0 Å². The van der Waals surface area contributed by atoms with Crippen molar-refractivity contribution < 1.29 is 4.74 Å². The van der Waals surface area contributed by atoms with Crippen LogP contribution in [0.5, 0.6) is 5.75 Å². The molecule has 1 unspecified atom stereocenters. The summed E-state index contributed by atoms with van der Waals surface area (Å²) in [5.74, 6) is 0.861. The minimum atomic E-state index is 0.0669. The lowest BCUT2D eigenvalue weighted by Gasteiger charge is -2.17. The fourth-order valence-electron chi connectivity index (χ4n) is 1.99. The van der Waals surface area contributed by atoms with Crippen LogP contribution in [-0.4, -0.2) is 7.11 Å². The average molecular weight is 405 g/mol. The van der Waals surface area contributed by atoms with Crippen molar-refractivity contribution in [3.8, 4) is 5.75 Å². The van der Waals surface area contributed by atoms with E-state index in [1.165, 1.54) is 5.56 Å². The summed E-state index contributed by atoms with van der Waals surface area (Å²) in [6.45, 7) is 2.06. The maximum absolute atomic E-state index is 6.00. The molecule has 0 fully saturated rings. The largest absolute Gasteiger partial charge is 0.496 e. The maximum Gasteiger partial charge on any atom is 0.123 e. The molecule has 0 amide bonds. The van der Waals surface area contributed by atoms with Crippen molar-refractivity contribution in [3.63, 3.8) is 0 Å². The van der Waals surface area contributed by atoms with Crippen LogP contribution in [0.15, 0.2) is 40.9 Å². The quantitative estimate of drug-likeness (QED) is 0.579. The highest BCUT2D eigenvalue weighted by molar-refractivity contribution is 9.10. The SMILES string of the molecule is COc1ccc(Br)cc1C(Br)c1ccc(Cl)cc1C. The Kier molecular flexibility index (Phi) is 4.93. The number of hydrogen-bond acceptors (Lipinski definition) is 1. The van der Waals surface area contributed by atoms with E-state index in [9.17, 15) is 0 Å². The molecule has 0 aliphatic carbocycles. The Balaban J connectivity index is 2.49. The van der Waals surface area contributed by atoms with Gasteiger partial charge in [-0.15, -0.1) is 0 Å². The normalized spacial score (nSPS) is 12.3. The molecular formula is C15H13Br2ClO. The summed E-state index contributed by atoms with van der Waals surface area (Å²) in [5.41, 5.74) is 3.42. The lowest BCUT2D eigenvalue weighted by atomic mass is 10.00. The molecule has 0 aliphatic heterocycles. The minimum absolute atomic E-state index is 0.0669. The fraction of sp³-hybridized carbons (Fsp3) is 0.200. The van der Waals surface area contributed by atoms with Gasteiger partial charge in [0, 0.05) is 15.1 Å². The number of hydrogen-bond donors (Lipinski definition) is 0.